The summed E-state index contributed by atoms with van der Waals surface area (Å²) in [5.74, 6) is 2.53. The summed E-state index contributed by atoms with van der Waals surface area (Å²) in [6.45, 7) is 4.13. The maximum Gasteiger partial charge on any atom is 0.245 e. The quantitative estimate of drug-likeness (QED) is 0.828. The Hall–Kier alpha value is -1.14. The van der Waals surface area contributed by atoms with Crippen LogP contribution in [0.2, 0.25) is 0 Å². The lowest BCUT2D eigenvalue weighted by Gasteiger charge is -2.36. The molecule has 6 heteroatoms. The summed E-state index contributed by atoms with van der Waals surface area (Å²) >= 11 is 0. The molecular formula is C13H21N5O. The molecule has 3 aliphatic heterocycles. The fourth-order valence-corrected chi connectivity index (χ4v) is 3.65. The lowest BCUT2D eigenvalue weighted by atomic mass is 9.92. The van der Waals surface area contributed by atoms with Crippen LogP contribution < -0.4 is 10.2 Å². The van der Waals surface area contributed by atoms with E-state index in [1.165, 1.54) is 12.8 Å². The zero-order valence-corrected chi connectivity index (χ0v) is 11.1. The summed E-state index contributed by atoms with van der Waals surface area (Å²) in [6.07, 6.45) is 4.88. The highest BCUT2D eigenvalue weighted by Gasteiger charge is 2.37. The molecule has 1 aromatic rings. The Morgan fingerprint density at radius 2 is 2.21 bits per heavy atom. The summed E-state index contributed by atoms with van der Waals surface area (Å²) < 4.78 is 5.66. The van der Waals surface area contributed by atoms with Crippen molar-refractivity contribution in [3.8, 4) is 0 Å². The average molecular weight is 263 g/mol. The van der Waals surface area contributed by atoms with Crippen LogP contribution in [-0.4, -0.2) is 47.5 Å². The number of fused-ring (bicyclic) bond motifs is 1. The predicted molar refractivity (Wildman–Crippen MR) is 71.0 cm³/mol. The summed E-state index contributed by atoms with van der Waals surface area (Å²) in [5.41, 5.74) is 0. The Kier molecular flexibility index (Phi) is 2.92. The third-order valence-electron chi connectivity index (χ3n) is 4.66. The molecule has 6 nitrogen and oxygen atoms in total. The van der Waals surface area contributed by atoms with Crippen LogP contribution in [0.5, 0.6) is 0 Å². The molecule has 3 atom stereocenters. The lowest BCUT2D eigenvalue weighted by Crippen LogP contribution is -2.45. The minimum absolute atomic E-state index is 0.128. The van der Waals surface area contributed by atoms with Crippen LogP contribution in [0.25, 0.3) is 0 Å². The van der Waals surface area contributed by atoms with E-state index in [1.807, 2.05) is 0 Å². The first-order valence-electron chi connectivity index (χ1n) is 7.43. The molecule has 19 heavy (non-hydrogen) atoms. The van der Waals surface area contributed by atoms with Gasteiger partial charge in [0, 0.05) is 32.3 Å². The number of hydrogen-bond acceptors (Lipinski definition) is 5. The first kappa shape index (κ1) is 11.7. The molecule has 3 aliphatic rings. The number of aromatic amines is 1. The second-order valence-electron chi connectivity index (χ2n) is 5.84. The van der Waals surface area contributed by atoms with Crippen LogP contribution in [0.15, 0.2) is 0 Å². The van der Waals surface area contributed by atoms with E-state index >= 15 is 0 Å². The molecule has 1 aromatic heterocycles. The van der Waals surface area contributed by atoms with Gasteiger partial charge in [0.25, 0.3) is 0 Å². The number of ether oxygens (including phenoxy) is 1. The Balaban J connectivity index is 1.54. The Morgan fingerprint density at radius 3 is 3.11 bits per heavy atom. The molecule has 0 aliphatic carbocycles. The monoisotopic (exact) mass is 263 g/mol. The highest BCUT2D eigenvalue weighted by molar-refractivity contribution is 5.33. The topological polar surface area (TPSA) is 66.1 Å². The number of rotatable bonds is 2. The van der Waals surface area contributed by atoms with Crippen molar-refractivity contribution in [3.63, 3.8) is 0 Å². The molecule has 3 unspecified atom stereocenters. The van der Waals surface area contributed by atoms with Crippen LogP contribution in [-0.2, 0) is 4.74 Å². The van der Waals surface area contributed by atoms with Gasteiger partial charge in [-0.15, -0.1) is 5.10 Å². The number of nitrogens with one attached hydrogen (secondary N) is 2. The molecule has 3 saturated heterocycles. The molecule has 104 valence electrons. The third-order valence-corrected chi connectivity index (χ3v) is 4.66. The van der Waals surface area contributed by atoms with Crippen molar-refractivity contribution >= 4 is 5.95 Å². The van der Waals surface area contributed by atoms with Gasteiger partial charge < -0.3 is 15.0 Å². The van der Waals surface area contributed by atoms with Gasteiger partial charge in [0.15, 0.2) is 5.82 Å². The fourth-order valence-electron chi connectivity index (χ4n) is 3.65. The van der Waals surface area contributed by atoms with Gasteiger partial charge in [0.05, 0.1) is 0 Å². The van der Waals surface area contributed by atoms with E-state index in [1.54, 1.807) is 0 Å². The SMILES string of the molecule is C1COC(c2nc(N3CCCC4CNCC43)n[nH]2)C1. The van der Waals surface area contributed by atoms with E-state index in [0.29, 0.717) is 6.04 Å². The Morgan fingerprint density at radius 1 is 1.21 bits per heavy atom. The molecular weight excluding hydrogens is 242 g/mol. The molecule has 4 rings (SSSR count). The van der Waals surface area contributed by atoms with Gasteiger partial charge in [-0.1, -0.05) is 0 Å². The maximum absolute atomic E-state index is 5.66. The smallest absolute Gasteiger partial charge is 0.245 e. The summed E-state index contributed by atoms with van der Waals surface area (Å²) in [7, 11) is 0. The van der Waals surface area contributed by atoms with Crippen molar-refractivity contribution in [1.29, 1.82) is 0 Å². The Bertz CT molecular complexity index is 442. The van der Waals surface area contributed by atoms with E-state index in [0.717, 1.165) is 56.8 Å². The number of anilines is 1. The van der Waals surface area contributed by atoms with Crippen LogP contribution in [0.1, 0.15) is 37.6 Å². The number of aromatic nitrogens is 3. The minimum atomic E-state index is 0.128. The molecule has 0 bridgehead atoms. The molecule has 0 saturated carbocycles. The van der Waals surface area contributed by atoms with Crippen LogP contribution >= 0.6 is 0 Å². The largest absolute Gasteiger partial charge is 0.370 e. The second-order valence-corrected chi connectivity index (χ2v) is 5.84. The van der Waals surface area contributed by atoms with Crippen molar-refractivity contribution in [2.45, 2.75) is 37.8 Å². The minimum Gasteiger partial charge on any atom is -0.370 e. The molecule has 3 fully saturated rings. The van der Waals surface area contributed by atoms with Crippen molar-refractivity contribution in [2.24, 2.45) is 5.92 Å². The highest BCUT2D eigenvalue weighted by atomic mass is 16.5. The molecule has 0 amide bonds. The number of piperidine rings is 1. The van der Waals surface area contributed by atoms with E-state index in [4.69, 9.17) is 4.74 Å². The van der Waals surface area contributed by atoms with Gasteiger partial charge in [0.2, 0.25) is 5.95 Å². The highest BCUT2D eigenvalue weighted by Crippen LogP contribution is 2.31. The zero-order chi connectivity index (χ0) is 12.7. The third kappa shape index (κ3) is 2.03. The van der Waals surface area contributed by atoms with Gasteiger partial charge in [0.1, 0.15) is 6.10 Å². The fraction of sp³-hybridized carbons (Fsp3) is 0.846. The predicted octanol–water partition coefficient (Wildman–Crippen LogP) is 0.844. The number of H-pyrrole nitrogens is 1. The molecule has 0 aromatic carbocycles. The standard InChI is InChI=1S/C13H21N5O/c1-3-9-7-14-8-10(9)18(5-1)13-15-12(16-17-13)11-4-2-6-19-11/h9-11,14H,1-8H2,(H,15,16,17). The molecule has 0 spiro atoms. The van der Waals surface area contributed by atoms with Gasteiger partial charge in [-0.2, -0.15) is 4.98 Å². The van der Waals surface area contributed by atoms with Crippen molar-refractivity contribution in [1.82, 2.24) is 20.5 Å². The molecule has 4 heterocycles. The van der Waals surface area contributed by atoms with Crippen LogP contribution in [0.4, 0.5) is 5.95 Å². The van der Waals surface area contributed by atoms with Gasteiger partial charge in [-0.25, -0.2) is 0 Å². The normalized spacial score (nSPS) is 34.7. The second kappa shape index (κ2) is 4.76. The van der Waals surface area contributed by atoms with E-state index in [2.05, 4.69) is 25.4 Å². The van der Waals surface area contributed by atoms with Gasteiger partial charge in [-0.3, -0.25) is 5.10 Å². The van der Waals surface area contributed by atoms with Gasteiger partial charge >= 0.3 is 0 Å². The molecule has 0 radical (unpaired) electrons. The van der Waals surface area contributed by atoms with Crippen molar-refractivity contribution < 1.29 is 4.74 Å². The van der Waals surface area contributed by atoms with E-state index in [9.17, 15) is 0 Å². The first-order valence-corrected chi connectivity index (χ1v) is 7.43. The van der Waals surface area contributed by atoms with Crippen LogP contribution in [0.3, 0.4) is 0 Å². The van der Waals surface area contributed by atoms with E-state index < -0.39 is 0 Å². The summed E-state index contributed by atoms with van der Waals surface area (Å²) in [4.78, 5) is 7.06. The van der Waals surface area contributed by atoms with Crippen molar-refractivity contribution in [2.75, 3.05) is 31.1 Å². The zero-order valence-electron chi connectivity index (χ0n) is 11.1. The number of hydrogen-bond donors (Lipinski definition) is 2. The molecule has 2 N–H and O–H groups in total. The summed E-state index contributed by atoms with van der Waals surface area (Å²) in [5, 5.41) is 11.0. The number of nitrogens with zero attached hydrogens (tertiary/aromatic N) is 3. The summed E-state index contributed by atoms with van der Waals surface area (Å²) in [6, 6.07) is 0.571. The Labute approximate surface area is 112 Å². The van der Waals surface area contributed by atoms with Crippen LogP contribution in [0, 0.1) is 5.92 Å². The maximum atomic E-state index is 5.66. The van der Waals surface area contributed by atoms with E-state index in [-0.39, 0.29) is 6.10 Å². The first-order chi connectivity index (χ1) is 9.42. The van der Waals surface area contributed by atoms with Crippen molar-refractivity contribution in [3.05, 3.63) is 5.82 Å². The average Bonchev–Trinajstić information content (AvgIpc) is 3.18. The lowest BCUT2D eigenvalue weighted by molar-refractivity contribution is 0.105. The van der Waals surface area contributed by atoms with Gasteiger partial charge in [-0.05, 0) is 31.6 Å².